The standard InChI is InChI=1S/C26H26N2O3S/c29-26(27-24-15-6-10-19-8-1-3-14-23(19)24)21-11-5-13-22(18-21)32(30,31)28-17-7-12-20-9-2-4-16-25(20)28/h1-5,8-9,11,13-14,16,18,24H,6-7,10,12,15,17H2,(H,27,29). The first-order chi connectivity index (χ1) is 15.5. The molecule has 5 nitrogen and oxygen atoms in total. The Morgan fingerprint density at radius 3 is 2.50 bits per heavy atom. The van der Waals surface area contributed by atoms with E-state index in [2.05, 4.69) is 17.4 Å². The van der Waals surface area contributed by atoms with Crippen LogP contribution in [0.1, 0.15) is 52.4 Å². The van der Waals surface area contributed by atoms with Crippen LogP contribution in [0.2, 0.25) is 0 Å². The highest BCUT2D eigenvalue weighted by Gasteiger charge is 2.29. The Morgan fingerprint density at radius 2 is 1.62 bits per heavy atom. The van der Waals surface area contributed by atoms with Crippen LogP contribution in [0.15, 0.2) is 77.7 Å². The number of anilines is 1. The van der Waals surface area contributed by atoms with Gasteiger partial charge in [-0.3, -0.25) is 9.10 Å². The Labute approximate surface area is 189 Å². The van der Waals surface area contributed by atoms with Crippen LogP contribution in [0.5, 0.6) is 0 Å². The van der Waals surface area contributed by atoms with Crippen molar-refractivity contribution in [3.8, 4) is 0 Å². The van der Waals surface area contributed by atoms with Gasteiger partial charge in [0.25, 0.3) is 15.9 Å². The van der Waals surface area contributed by atoms with Crippen molar-refractivity contribution in [2.45, 2.75) is 43.0 Å². The number of para-hydroxylation sites is 1. The number of amides is 1. The summed E-state index contributed by atoms with van der Waals surface area (Å²) < 4.78 is 28.4. The summed E-state index contributed by atoms with van der Waals surface area (Å²) in [6.45, 7) is 0.439. The molecule has 1 unspecified atom stereocenters. The van der Waals surface area contributed by atoms with Gasteiger partial charge in [-0.05, 0) is 73.1 Å². The van der Waals surface area contributed by atoms with Crippen LogP contribution in [0.3, 0.4) is 0 Å². The predicted molar refractivity (Wildman–Crippen MR) is 125 cm³/mol. The van der Waals surface area contributed by atoms with E-state index in [1.807, 2.05) is 36.4 Å². The predicted octanol–water partition coefficient (Wildman–Crippen LogP) is 4.64. The van der Waals surface area contributed by atoms with Crippen molar-refractivity contribution in [3.63, 3.8) is 0 Å². The lowest BCUT2D eigenvalue weighted by atomic mass is 9.87. The van der Waals surface area contributed by atoms with Crippen molar-refractivity contribution in [2.75, 3.05) is 10.8 Å². The smallest absolute Gasteiger partial charge is 0.264 e. The molecule has 0 spiro atoms. The molecule has 0 saturated heterocycles. The van der Waals surface area contributed by atoms with Gasteiger partial charge in [0.2, 0.25) is 0 Å². The molecule has 2 aliphatic rings. The molecular weight excluding hydrogens is 420 g/mol. The van der Waals surface area contributed by atoms with Gasteiger partial charge in [0.15, 0.2) is 0 Å². The molecule has 1 amide bonds. The number of carbonyl (C=O) groups excluding carboxylic acids is 1. The summed E-state index contributed by atoms with van der Waals surface area (Å²) >= 11 is 0. The first kappa shape index (κ1) is 20.8. The minimum absolute atomic E-state index is 0.0540. The molecule has 1 N–H and O–H groups in total. The van der Waals surface area contributed by atoms with E-state index in [0.717, 1.165) is 48.9 Å². The van der Waals surface area contributed by atoms with E-state index in [-0.39, 0.29) is 16.8 Å². The number of sulfonamides is 1. The van der Waals surface area contributed by atoms with Gasteiger partial charge in [0.1, 0.15) is 0 Å². The monoisotopic (exact) mass is 446 g/mol. The third-order valence-electron chi connectivity index (χ3n) is 6.43. The van der Waals surface area contributed by atoms with Crippen LogP contribution in [0.25, 0.3) is 0 Å². The van der Waals surface area contributed by atoms with Gasteiger partial charge in [-0.25, -0.2) is 8.42 Å². The second kappa shape index (κ2) is 8.43. The maximum absolute atomic E-state index is 13.5. The van der Waals surface area contributed by atoms with Gasteiger partial charge in [0.05, 0.1) is 16.6 Å². The van der Waals surface area contributed by atoms with Gasteiger partial charge >= 0.3 is 0 Å². The highest BCUT2D eigenvalue weighted by Crippen LogP contribution is 2.32. The van der Waals surface area contributed by atoms with E-state index in [1.54, 1.807) is 18.2 Å². The summed E-state index contributed by atoms with van der Waals surface area (Å²) in [5, 5.41) is 3.12. The number of hydrogen-bond donors (Lipinski definition) is 1. The summed E-state index contributed by atoms with van der Waals surface area (Å²) in [7, 11) is -3.76. The van der Waals surface area contributed by atoms with Crippen LogP contribution in [0, 0.1) is 0 Å². The molecule has 6 heteroatoms. The molecule has 1 aliphatic heterocycles. The molecule has 1 heterocycles. The maximum Gasteiger partial charge on any atom is 0.264 e. The molecule has 164 valence electrons. The summed E-state index contributed by atoms with van der Waals surface area (Å²) in [4.78, 5) is 13.2. The fraction of sp³-hybridized carbons (Fsp3) is 0.269. The van der Waals surface area contributed by atoms with Crippen molar-refractivity contribution in [1.29, 1.82) is 0 Å². The number of aryl methyl sites for hydroxylation is 2. The Balaban J connectivity index is 1.41. The quantitative estimate of drug-likeness (QED) is 0.635. The second-order valence-corrected chi connectivity index (χ2v) is 10.3. The lowest BCUT2D eigenvalue weighted by Crippen LogP contribution is -2.35. The van der Waals surface area contributed by atoms with Crippen molar-refractivity contribution in [3.05, 3.63) is 95.1 Å². The van der Waals surface area contributed by atoms with Gasteiger partial charge in [-0.15, -0.1) is 0 Å². The first-order valence-electron chi connectivity index (χ1n) is 11.1. The largest absolute Gasteiger partial charge is 0.345 e. The third kappa shape index (κ3) is 3.79. The van der Waals surface area contributed by atoms with Crippen LogP contribution >= 0.6 is 0 Å². The van der Waals surface area contributed by atoms with E-state index >= 15 is 0 Å². The van der Waals surface area contributed by atoms with Crippen LogP contribution < -0.4 is 9.62 Å². The van der Waals surface area contributed by atoms with Gasteiger partial charge in [-0.1, -0.05) is 48.5 Å². The fourth-order valence-electron chi connectivity index (χ4n) is 4.82. The minimum Gasteiger partial charge on any atom is -0.345 e. The first-order valence-corrected chi connectivity index (χ1v) is 12.6. The Morgan fingerprint density at radius 1 is 0.875 bits per heavy atom. The van der Waals surface area contributed by atoms with Gasteiger partial charge < -0.3 is 5.32 Å². The van der Waals surface area contributed by atoms with Crippen molar-refractivity contribution in [2.24, 2.45) is 0 Å². The highest BCUT2D eigenvalue weighted by atomic mass is 32.2. The normalized spacial score (nSPS) is 17.9. The molecule has 3 aromatic rings. The molecule has 1 atom stereocenters. The lowest BCUT2D eigenvalue weighted by molar-refractivity contribution is 0.0932. The van der Waals surface area contributed by atoms with E-state index < -0.39 is 10.0 Å². The van der Waals surface area contributed by atoms with Gasteiger partial charge in [-0.2, -0.15) is 0 Å². The average Bonchev–Trinajstić information content (AvgIpc) is 2.84. The Bertz CT molecular complexity index is 1270. The van der Waals surface area contributed by atoms with Crippen molar-refractivity contribution < 1.29 is 13.2 Å². The number of fused-ring (bicyclic) bond motifs is 2. The highest BCUT2D eigenvalue weighted by molar-refractivity contribution is 7.92. The zero-order valence-electron chi connectivity index (χ0n) is 17.8. The number of nitrogens with zero attached hydrogens (tertiary/aromatic N) is 1. The van der Waals surface area contributed by atoms with Crippen LogP contribution in [-0.4, -0.2) is 20.9 Å². The van der Waals surface area contributed by atoms with E-state index in [9.17, 15) is 13.2 Å². The molecule has 0 saturated carbocycles. The molecule has 0 fully saturated rings. The zero-order valence-corrected chi connectivity index (χ0v) is 18.6. The molecule has 5 rings (SSSR count). The molecule has 3 aromatic carbocycles. The topological polar surface area (TPSA) is 66.5 Å². The maximum atomic E-state index is 13.5. The average molecular weight is 447 g/mol. The lowest BCUT2D eigenvalue weighted by Gasteiger charge is -2.30. The third-order valence-corrected chi connectivity index (χ3v) is 8.24. The second-order valence-electron chi connectivity index (χ2n) is 8.45. The summed E-state index contributed by atoms with van der Waals surface area (Å²) in [5.74, 6) is -0.247. The molecule has 0 radical (unpaired) electrons. The zero-order chi connectivity index (χ0) is 22.1. The number of hydrogen-bond acceptors (Lipinski definition) is 3. The molecule has 0 bridgehead atoms. The van der Waals surface area contributed by atoms with Gasteiger partial charge in [0, 0.05) is 12.1 Å². The van der Waals surface area contributed by atoms with Crippen LogP contribution in [0.4, 0.5) is 5.69 Å². The number of benzene rings is 3. The molecule has 1 aliphatic carbocycles. The van der Waals surface area contributed by atoms with E-state index in [0.29, 0.717) is 12.1 Å². The van der Waals surface area contributed by atoms with E-state index in [1.165, 1.54) is 15.9 Å². The SMILES string of the molecule is O=C(NC1CCCc2ccccc21)c1cccc(S(=O)(=O)N2CCCc3ccccc32)c1. The van der Waals surface area contributed by atoms with E-state index in [4.69, 9.17) is 0 Å². The Kier molecular flexibility index (Phi) is 5.47. The molecule has 32 heavy (non-hydrogen) atoms. The van der Waals surface area contributed by atoms with Crippen molar-refractivity contribution >= 4 is 21.6 Å². The number of nitrogens with one attached hydrogen (secondary N) is 1. The Hall–Kier alpha value is -3.12. The molecule has 0 aromatic heterocycles. The molecular formula is C26H26N2O3S. The van der Waals surface area contributed by atoms with Crippen molar-refractivity contribution in [1.82, 2.24) is 5.32 Å². The number of carbonyl (C=O) groups is 1. The fourth-order valence-corrected chi connectivity index (χ4v) is 6.41. The minimum atomic E-state index is -3.76. The summed E-state index contributed by atoms with van der Waals surface area (Å²) in [6.07, 6.45) is 4.56. The summed E-state index contributed by atoms with van der Waals surface area (Å²) in [5.41, 5.74) is 4.55. The number of rotatable bonds is 4. The van der Waals surface area contributed by atoms with Crippen LogP contribution in [-0.2, 0) is 22.9 Å². The summed E-state index contributed by atoms with van der Waals surface area (Å²) in [6, 6.07) is 22.1.